The van der Waals surface area contributed by atoms with Gasteiger partial charge in [-0.25, -0.2) is 12.8 Å². The molecule has 0 unspecified atom stereocenters. The van der Waals surface area contributed by atoms with Gasteiger partial charge >= 0.3 is 0 Å². The van der Waals surface area contributed by atoms with Crippen molar-refractivity contribution in [2.75, 3.05) is 18.0 Å². The van der Waals surface area contributed by atoms with Crippen molar-refractivity contribution in [2.24, 2.45) is 0 Å². The van der Waals surface area contributed by atoms with Gasteiger partial charge in [0, 0.05) is 18.3 Å². The number of sulfonamides is 1. The zero-order valence-electron chi connectivity index (χ0n) is 18.5. The molecule has 0 aromatic heterocycles. The summed E-state index contributed by atoms with van der Waals surface area (Å²) in [6.07, 6.45) is 4.79. The summed E-state index contributed by atoms with van der Waals surface area (Å²) in [6, 6.07) is 13.2. The molecule has 1 heterocycles. The quantitative estimate of drug-likeness (QED) is 0.723. The van der Waals surface area contributed by atoms with Gasteiger partial charge in [0.1, 0.15) is 11.4 Å². The summed E-state index contributed by atoms with van der Waals surface area (Å²) < 4.78 is 41.6. The predicted octanol–water partition coefficient (Wildman–Crippen LogP) is 3.07. The molecule has 1 aliphatic heterocycles. The van der Waals surface area contributed by atoms with E-state index in [0.29, 0.717) is 0 Å². The molecule has 0 spiro atoms. The average molecular weight is 474 g/mol. The van der Waals surface area contributed by atoms with E-state index in [1.54, 1.807) is 31.2 Å². The lowest BCUT2D eigenvalue weighted by molar-refractivity contribution is -0.133. The smallest absolute Gasteiger partial charge is 0.247 e. The number of hydrogen-bond donors (Lipinski definition) is 1. The Kier molecular flexibility index (Phi) is 6.54. The maximum atomic E-state index is 14.0. The monoisotopic (exact) mass is 473 g/mol. The molecule has 0 radical (unpaired) electrons. The van der Waals surface area contributed by atoms with Crippen LogP contribution in [0.4, 0.5) is 10.1 Å². The molecule has 2 fully saturated rings. The number of halogens is 1. The molecule has 176 valence electrons. The molecule has 33 heavy (non-hydrogen) atoms. The highest BCUT2D eigenvalue weighted by molar-refractivity contribution is 7.89. The van der Waals surface area contributed by atoms with E-state index in [1.165, 1.54) is 35.2 Å². The second kappa shape index (κ2) is 9.23. The SMILES string of the molecule is C[C@@]1(C(=O)NC2CCCCC2)CN(S(=O)(=O)c2ccccc2)CC(=O)N1c1cccc(F)c1. The minimum atomic E-state index is -4.01. The van der Waals surface area contributed by atoms with Crippen LogP contribution in [0.25, 0.3) is 0 Å². The summed E-state index contributed by atoms with van der Waals surface area (Å²) in [4.78, 5) is 28.2. The van der Waals surface area contributed by atoms with Gasteiger partial charge in [0.15, 0.2) is 0 Å². The molecule has 1 atom stereocenters. The fraction of sp³-hybridized carbons (Fsp3) is 0.417. The van der Waals surface area contributed by atoms with Gasteiger partial charge in [-0.2, -0.15) is 4.31 Å². The van der Waals surface area contributed by atoms with E-state index in [-0.39, 0.29) is 23.2 Å². The number of hydrogen-bond acceptors (Lipinski definition) is 4. The summed E-state index contributed by atoms with van der Waals surface area (Å²) in [7, 11) is -4.01. The van der Waals surface area contributed by atoms with Crippen LogP contribution in [-0.2, 0) is 19.6 Å². The van der Waals surface area contributed by atoms with Crippen molar-refractivity contribution in [1.82, 2.24) is 9.62 Å². The summed E-state index contributed by atoms with van der Waals surface area (Å²) in [5, 5.41) is 3.03. The first kappa shape index (κ1) is 23.4. The lowest BCUT2D eigenvalue weighted by Gasteiger charge is -2.47. The van der Waals surface area contributed by atoms with Gasteiger partial charge in [-0.3, -0.25) is 14.5 Å². The third kappa shape index (κ3) is 4.65. The molecule has 2 aromatic rings. The van der Waals surface area contributed by atoms with Crippen molar-refractivity contribution in [1.29, 1.82) is 0 Å². The van der Waals surface area contributed by atoms with Crippen LogP contribution in [-0.4, -0.2) is 49.2 Å². The Morgan fingerprint density at radius 3 is 2.42 bits per heavy atom. The number of piperazine rings is 1. The van der Waals surface area contributed by atoms with Crippen LogP contribution in [0.2, 0.25) is 0 Å². The molecular formula is C24H28FN3O4S. The lowest BCUT2D eigenvalue weighted by Crippen LogP contribution is -2.70. The van der Waals surface area contributed by atoms with Crippen LogP contribution < -0.4 is 10.2 Å². The molecule has 2 aliphatic rings. The minimum Gasteiger partial charge on any atom is -0.351 e. The van der Waals surface area contributed by atoms with Crippen LogP contribution in [0.5, 0.6) is 0 Å². The topological polar surface area (TPSA) is 86.8 Å². The third-order valence-corrected chi connectivity index (χ3v) is 8.22. The molecule has 9 heteroatoms. The van der Waals surface area contributed by atoms with Gasteiger partial charge in [0.25, 0.3) is 0 Å². The van der Waals surface area contributed by atoms with Gasteiger partial charge in [0.05, 0.1) is 11.4 Å². The van der Waals surface area contributed by atoms with Crippen LogP contribution in [0, 0.1) is 5.82 Å². The Morgan fingerprint density at radius 1 is 1.06 bits per heavy atom. The van der Waals surface area contributed by atoms with E-state index < -0.39 is 39.7 Å². The number of amides is 2. The molecule has 1 saturated carbocycles. The van der Waals surface area contributed by atoms with Gasteiger partial charge < -0.3 is 5.32 Å². The Balaban J connectivity index is 1.72. The Hall–Kier alpha value is -2.78. The normalized spacial score (nSPS) is 22.8. The van der Waals surface area contributed by atoms with Crippen molar-refractivity contribution < 1.29 is 22.4 Å². The van der Waals surface area contributed by atoms with E-state index >= 15 is 0 Å². The fourth-order valence-corrected chi connectivity index (χ4v) is 6.18. The predicted molar refractivity (Wildman–Crippen MR) is 123 cm³/mol. The van der Waals surface area contributed by atoms with Gasteiger partial charge in [0.2, 0.25) is 21.8 Å². The van der Waals surface area contributed by atoms with Gasteiger partial charge in [-0.05, 0) is 50.1 Å². The molecule has 1 N–H and O–H groups in total. The third-order valence-electron chi connectivity index (χ3n) is 6.42. The van der Waals surface area contributed by atoms with E-state index in [0.717, 1.165) is 36.4 Å². The number of carbonyl (C=O) groups excluding carboxylic acids is 2. The fourth-order valence-electron chi connectivity index (χ4n) is 4.68. The first-order valence-electron chi connectivity index (χ1n) is 11.2. The first-order chi connectivity index (χ1) is 15.7. The van der Waals surface area contributed by atoms with Crippen molar-refractivity contribution >= 4 is 27.5 Å². The van der Waals surface area contributed by atoms with Gasteiger partial charge in [-0.1, -0.05) is 43.5 Å². The van der Waals surface area contributed by atoms with Crippen molar-refractivity contribution in [2.45, 2.75) is 55.5 Å². The van der Waals surface area contributed by atoms with E-state index in [2.05, 4.69) is 5.32 Å². The summed E-state index contributed by atoms with van der Waals surface area (Å²) >= 11 is 0. The Bertz CT molecular complexity index is 1140. The van der Waals surface area contributed by atoms with Crippen molar-refractivity contribution in [3.05, 3.63) is 60.4 Å². The van der Waals surface area contributed by atoms with Crippen molar-refractivity contribution in [3.63, 3.8) is 0 Å². The molecular weight excluding hydrogens is 445 g/mol. The van der Waals surface area contributed by atoms with E-state index in [9.17, 15) is 22.4 Å². The molecule has 2 amide bonds. The average Bonchev–Trinajstić information content (AvgIpc) is 2.80. The number of carbonyl (C=O) groups is 2. The van der Waals surface area contributed by atoms with Crippen LogP contribution >= 0.6 is 0 Å². The number of rotatable bonds is 5. The van der Waals surface area contributed by atoms with Crippen LogP contribution in [0.15, 0.2) is 59.5 Å². The maximum absolute atomic E-state index is 14.0. The highest BCUT2D eigenvalue weighted by atomic mass is 32.2. The van der Waals surface area contributed by atoms with E-state index in [4.69, 9.17) is 0 Å². The minimum absolute atomic E-state index is 0.0337. The number of nitrogens with one attached hydrogen (secondary N) is 1. The zero-order chi connectivity index (χ0) is 23.6. The first-order valence-corrected chi connectivity index (χ1v) is 12.6. The standard InChI is InChI=1S/C24H28FN3O4S/c1-24(23(30)26-19-10-4-2-5-11-19)17-27(33(31,32)21-13-6-3-7-14-21)16-22(29)28(24)20-12-8-9-18(25)15-20/h3,6-9,12-15,19H,2,4-5,10-11,16-17H2,1H3,(H,26,30)/t24-/m0/s1. The summed E-state index contributed by atoms with van der Waals surface area (Å²) in [5.74, 6) is -1.58. The number of nitrogens with zero attached hydrogens (tertiary/aromatic N) is 2. The summed E-state index contributed by atoms with van der Waals surface area (Å²) in [5.41, 5.74) is -1.33. The summed E-state index contributed by atoms with van der Waals surface area (Å²) in [6.45, 7) is 0.853. The molecule has 0 bridgehead atoms. The number of benzene rings is 2. The second-order valence-electron chi connectivity index (χ2n) is 8.88. The largest absolute Gasteiger partial charge is 0.351 e. The maximum Gasteiger partial charge on any atom is 0.247 e. The lowest BCUT2D eigenvalue weighted by atomic mass is 9.91. The Labute approximate surface area is 193 Å². The second-order valence-corrected chi connectivity index (χ2v) is 10.8. The molecule has 7 nitrogen and oxygen atoms in total. The molecule has 1 saturated heterocycles. The van der Waals surface area contributed by atoms with Gasteiger partial charge in [-0.15, -0.1) is 0 Å². The Morgan fingerprint density at radius 2 is 1.76 bits per heavy atom. The molecule has 2 aromatic carbocycles. The zero-order valence-corrected chi connectivity index (χ0v) is 19.4. The van der Waals surface area contributed by atoms with E-state index in [1.807, 2.05) is 0 Å². The highest BCUT2D eigenvalue weighted by Gasteiger charge is 2.51. The highest BCUT2D eigenvalue weighted by Crippen LogP contribution is 2.33. The van der Waals surface area contributed by atoms with Crippen molar-refractivity contribution in [3.8, 4) is 0 Å². The van der Waals surface area contributed by atoms with Crippen LogP contribution in [0.1, 0.15) is 39.0 Å². The van der Waals surface area contributed by atoms with Crippen LogP contribution in [0.3, 0.4) is 0 Å². The number of anilines is 1. The molecule has 1 aliphatic carbocycles. The molecule has 4 rings (SSSR count).